The lowest BCUT2D eigenvalue weighted by Crippen LogP contribution is -2.34. The molecule has 0 amide bonds. The molecule has 0 saturated heterocycles. The van der Waals surface area contributed by atoms with Crippen LogP contribution in [0.15, 0.2) is 24.3 Å². The Bertz CT molecular complexity index is 1080. The summed E-state index contributed by atoms with van der Waals surface area (Å²) >= 11 is 0. The summed E-state index contributed by atoms with van der Waals surface area (Å²) in [7, 11) is -4.72. The van der Waals surface area contributed by atoms with Crippen molar-refractivity contribution in [2.24, 2.45) is 5.73 Å². The van der Waals surface area contributed by atoms with Gasteiger partial charge in [-0.2, -0.15) is 0 Å². The van der Waals surface area contributed by atoms with E-state index in [4.69, 9.17) is 24.8 Å². The zero-order valence-electron chi connectivity index (χ0n) is 36.9. The van der Waals surface area contributed by atoms with Gasteiger partial charge in [0.05, 0.1) is 13.2 Å². The summed E-state index contributed by atoms with van der Waals surface area (Å²) in [6, 6.07) is -1.52. The molecule has 340 valence electrons. The lowest BCUT2D eigenvalue weighted by atomic mass is 10.1. The van der Waals surface area contributed by atoms with Gasteiger partial charge in [-0.05, 0) is 64.2 Å². The number of hydrogen-bond acceptors (Lipinski definition) is 9. The number of hydrogen-bond donors (Lipinski definition) is 3. The molecule has 3 atom stereocenters. The van der Waals surface area contributed by atoms with Crippen molar-refractivity contribution in [2.75, 3.05) is 19.8 Å². The van der Waals surface area contributed by atoms with Gasteiger partial charge in [0.2, 0.25) is 0 Å². The minimum absolute atomic E-state index is 0.159. The fraction of sp³-hybridized carbons (Fsp3) is 0.848. The molecule has 3 unspecified atom stereocenters. The second kappa shape index (κ2) is 41.7. The second-order valence-corrected chi connectivity index (χ2v) is 17.3. The average Bonchev–Trinajstić information content (AvgIpc) is 3.20. The minimum atomic E-state index is -4.72. The number of allylic oxidation sites excluding steroid dienone is 4. The standard InChI is InChI=1S/C46H86NO10P/c1-3-5-7-9-11-13-15-17-18-19-20-21-22-23-24-26-28-30-32-34-36-38-45(49)57-42(40-55-58(52,53)56-41-43(47)46(50)51)39-54-44(48)37-35-33-31-29-27-25-16-14-12-10-8-6-4-2/h14,16,19-20,42-43H,3-13,15,17-18,21-41,47H2,1-2H3,(H,50,51)(H,52,53)/b16-14-,20-19-. The van der Waals surface area contributed by atoms with Gasteiger partial charge in [0.15, 0.2) is 6.10 Å². The minimum Gasteiger partial charge on any atom is -0.480 e. The molecule has 0 rings (SSSR count). The van der Waals surface area contributed by atoms with Crippen LogP contribution >= 0.6 is 7.82 Å². The van der Waals surface area contributed by atoms with Crippen LogP contribution in [0.3, 0.4) is 0 Å². The van der Waals surface area contributed by atoms with Crippen LogP contribution < -0.4 is 5.73 Å². The van der Waals surface area contributed by atoms with Crippen molar-refractivity contribution in [3.63, 3.8) is 0 Å². The number of phosphoric ester groups is 1. The maximum absolute atomic E-state index is 12.7. The number of rotatable bonds is 44. The molecule has 0 fully saturated rings. The number of carbonyl (C=O) groups excluding carboxylic acids is 2. The van der Waals surface area contributed by atoms with E-state index in [2.05, 4.69) is 42.7 Å². The van der Waals surface area contributed by atoms with Gasteiger partial charge >= 0.3 is 25.7 Å². The van der Waals surface area contributed by atoms with Crippen LogP contribution in [0.1, 0.15) is 219 Å². The Morgan fingerprint density at radius 2 is 0.862 bits per heavy atom. The van der Waals surface area contributed by atoms with E-state index in [9.17, 15) is 23.8 Å². The lowest BCUT2D eigenvalue weighted by molar-refractivity contribution is -0.161. The maximum atomic E-state index is 12.7. The highest BCUT2D eigenvalue weighted by Gasteiger charge is 2.28. The number of carboxylic acid groups (broad SMARTS) is 1. The van der Waals surface area contributed by atoms with Crippen LogP contribution in [0, 0.1) is 0 Å². The van der Waals surface area contributed by atoms with Gasteiger partial charge in [0.25, 0.3) is 0 Å². The normalized spacial score (nSPS) is 13.9. The second-order valence-electron chi connectivity index (χ2n) is 15.9. The Labute approximate surface area is 353 Å². The van der Waals surface area contributed by atoms with Crippen LogP contribution in [-0.4, -0.2) is 59.9 Å². The third kappa shape index (κ3) is 40.7. The summed E-state index contributed by atoms with van der Waals surface area (Å²) in [5, 5.41) is 8.90. The predicted molar refractivity (Wildman–Crippen MR) is 236 cm³/mol. The van der Waals surface area contributed by atoms with E-state index in [1.54, 1.807) is 0 Å². The van der Waals surface area contributed by atoms with Gasteiger partial charge in [-0.3, -0.25) is 23.4 Å². The molecule has 11 nitrogen and oxygen atoms in total. The van der Waals surface area contributed by atoms with Crippen LogP contribution in [-0.2, 0) is 37.5 Å². The molecule has 58 heavy (non-hydrogen) atoms. The molecule has 0 radical (unpaired) electrons. The molecular formula is C46H86NO10P. The van der Waals surface area contributed by atoms with Crippen molar-refractivity contribution in [3.8, 4) is 0 Å². The predicted octanol–water partition coefficient (Wildman–Crippen LogP) is 12.6. The Balaban J connectivity index is 4.27. The van der Waals surface area contributed by atoms with E-state index in [0.717, 1.165) is 57.8 Å². The topological polar surface area (TPSA) is 172 Å². The summed E-state index contributed by atoms with van der Waals surface area (Å²) in [4.78, 5) is 46.0. The summed E-state index contributed by atoms with van der Waals surface area (Å²) in [6.45, 7) is 2.80. The van der Waals surface area contributed by atoms with Crippen LogP contribution in [0.2, 0.25) is 0 Å². The molecule has 0 heterocycles. The zero-order valence-corrected chi connectivity index (χ0v) is 37.8. The van der Waals surface area contributed by atoms with Gasteiger partial charge in [-0.15, -0.1) is 0 Å². The molecule has 0 aliphatic heterocycles. The first-order chi connectivity index (χ1) is 28.1. The number of phosphoric acid groups is 1. The van der Waals surface area contributed by atoms with Crippen molar-refractivity contribution < 1.29 is 47.5 Å². The molecule has 0 aliphatic carbocycles. The van der Waals surface area contributed by atoms with Crippen molar-refractivity contribution in [3.05, 3.63) is 24.3 Å². The number of carboxylic acids is 1. The summed E-state index contributed by atoms with van der Waals surface area (Å²) in [6.07, 6.45) is 43.8. The summed E-state index contributed by atoms with van der Waals surface area (Å²) in [5.74, 6) is -2.38. The lowest BCUT2D eigenvalue weighted by Gasteiger charge is -2.20. The Hall–Kier alpha value is -2.04. The van der Waals surface area contributed by atoms with E-state index in [1.165, 1.54) is 122 Å². The molecule has 4 N–H and O–H groups in total. The quantitative estimate of drug-likeness (QED) is 0.0231. The largest absolute Gasteiger partial charge is 0.480 e. The first-order valence-electron chi connectivity index (χ1n) is 23.4. The first-order valence-corrected chi connectivity index (χ1v) is 24.9. The smallest absolute Gasteiger partial charge is 0.472 e. The molecule has 0 aliphatic rings. The molecule has 0 aromatic heterocycles. The summed E-state index contributed by atoms with van der Waals surface area (Å²) in [5.41, 5.74) is 5.34. The third-order valence-electron chi connectivity index (χ3n) is 10.2. The monoisotopic (exact) mass is 844 g/mol. The van der Waals surface area contributed by atoms with Crippen LogP contribution in [0.5, 0.6) is 0 Å². The number of nitrogens with two attached hydrogens (primary N) is 1. The van der Waals surface area contributed by atoms with Crippen molar-refractivity contribution in [1.29, 1.82) is 0 Å². The van der Waals surface area contributed by atoms with Gasteiger partial charge in [0.1, 0.15) is 12.6 Å². The molecule has 0 aromatic carbocycles. The number of ether oxygens (including phenoxy) is 2. The molecule has 12 heteroatoms. The van der Waals surface area contributed by atoms with E-state index < -0.39 is 51.1 Å². The molecule has 0 spiro atoms. The van der Waals surface area contributed by atoms with Crippen molar-refractivity contribution >= 4 is 25.7 Å². The van der Waals surface area contributed by atoms with E-state index >= 15 is 0 Å². The third-order valence-corrected chi connectivity index (χ3v) is 11.1. The Kier molecular flexibility index (Phi) is 40.2. The van der Waals surface area contributed by atoms with E-state index in [1.807, 2.05) is 0 Å². The zero-order chi connectivity index (χ0) is 42.8. The average molecular weight is 844 g/mol. The van der Waals surface area contributed by atoms with Crippen LogP contribution in [0.4, 0.5) is 0 Å². The number of esters is 2. The van der Waals surface area contributed by atoms with E-state index in [-0.39, 0.29) is 19.4 Å². The number of aliphatic carboxylic acids is 1. The molecule has 0 bridgehead atoms. The van der Waals surface area contributed by atoms with Crippen LogP contribution in [0.25, 0.3) is 0 Å². The van der Waals surface area contributed by atoms with Gasteiger partial charge in [0, 0.05) is 12.8 Å². The van der Waals surface area contributed by atoms with Gasteiger partial charge in [-0.1, -0.05) is 167 Å². The highest BCUT2D eigenvalue weighted by molar-refractivity contribution is 7.47. The molecule has 0 aromatic rings. The fourth-order valence-electron chi connectivity index (χ4n) is 6.47. The van der Waals surface area contributed by atoms with E-state index in [0.29, 0.717) is 12.8 Å². The molecular weight excluding hydrogens is 757 g/mol. The Morgan fingerprint density at radius 3 is 1.28 bits per heavy atom. The number of carbonyl (C=O) groups is 3. The first kappa shape index (κ1) is 56.0. The fourth-order valence-corrected chi connectivity index (χ4v) is 7.24. The maximum Gasteiger partial charge on any atom is 0.472 e. The molecule has 0 saturated carbocycles. The Morgan fingerprint density at radius 1 is 0.517 bits per heavy atom. The van der Waals surface area contributed by atoms with Crippen molar-refractivity contribution in [2.45, 2.75) is 231 Å². The number of unbranched alkanes of at least 4 members (excludes halogenated alkanes) is 26. The highest BCUT2D eigenvalue weighted by atomic mass is 31.2. The van der Waals surface area contributed by atoms with Gasteiger partial charge in [-0.25, -0.2) is 4.57 Å². The van der Waals surface area contributed by atoms with Crippen molar-refractivity contribution in [1.82, 2.24) is 0 Å². The highest BCUT2D eigenvalue weighted by Crippen LogP contribution is 2.43. The SMILES string of the molecule is CCCCCC/C=C\CCCCCCCC(=O)OCC(COP(=O)(O)OCC(N)C(=O)O)OC(=O)CCCCCCCCCCC/C=C\CCCCCCCCCC. The van der Waals surface area contributed by atoms with Gasteiger partial charge < -0.3 is 25.2 Å². The summed E-state index contributed by atoms with van der Waals surface area (Å²) < 4.78 is 32.7.